The van der Waals surface area contributed by atoms with Gasteiger partial charge in [-0.25, -0.2) is 8.42 Å². The van der Waals surface area contributed by atoms with Gasteiger partial charge in [0.25, 0.3) is 11.8 Å². The van der Waals surface area contributed by atoms with Crippen LogP contribution in [0.5, 0.6) is 0 Å². The average molecular weight is 521 g/mol. The molecule has 8 nitrogen and oxygen atoms in total. The molecule has 0 spiro atoms. The van der Waals surface area contributed by atoms with Crippen molar-refractivity contribution in [1.82, 2.24) is 14.5 Å². The maximum Gasteiger partial charge on any atom is 0.255 e. The summed E-state index contributed by atoms with van der Waals surface area (Å²) in [6, 6.07) is 23.8. The number of amides is 2. The zero-order valence-corrected chi connectivity index (χ0v) is 21.9. The zero-order valence-electron chi connectivity index (χ0n) is 21.1. The Morgan fingerprint density at radius 2 is 1.54 bits per heavy atom. The zero-order chi connectivity index (χ0) is 26.4. The topological polar surface area (TPSA) is 98.8 Å². The third-order valence-corrected chi connectivity index (χ3v) is 7.77. The van der Waals surface area contributed by atoms with Crippen LogP contribution < -0.4 is 10.6 Å². The molecule has 0 saturated carbocycles. The van der Waals surface area contributed by atoms with E-state index in [4.69, 9.17) is 0 Å². The van der Waals surface area contributed by atoms with Gasteiger partial charge in [0.1, 0.15) is 0 Å². The molecule has 9 heteroatoms. The summed E-state index contributed by atoms with van der Waals surface area (Å²) in [5.41, 5.74) is 3.27. The maximum absolute atomic E-state index is 13.1. The fourth-order valence-electron chi connectivity index (χ4n) is 4.37. The largest absolute Gasteiger partial charge is 0.345 e. The summed E-state index contributed by atoms with van der Waals surface area (Å²) >= 11 is 0. The summed E-state index contributed by atoms with van der Waals surface area (Å²) in [6.07, 6.45) is 1.23. The van der Waals surface area contributed by atoms with Gasteiger partial charge in [-0.2, -0.15) is 4.31 Å². The number of nitrogens with zero attached hydrogens (tertiary/aromatic N) is 2. The molecule has 194 valence electrons. The molecule has 0 aliphatic carbocycles. The van der Waals surface area contributed by atoms with Crippen molar-refractivity contribution in [1.29, 1.82) is 0 Å². The Morgan fingerprint density at radius 3 is 2.24 bits per heavy atom. The lowest BCUT2D eigenvalue weighted by molar-refractivity contribution is 0.0940. The molecular weight excluding hydrogens is 488 g/mol. The lowest BCUT2D eigenvalue weighted by Crippen LogP contribution is -2.47. The number of carbonyl (C=O) groups is 2. The number of carbonyl (C=O) groups excluding carboxylic acids is 2. The third-order valence-electron chi connectivity index (χ3n) is 6.46. The lowest BCUT2D eigenvalue weighted by atomic mass is 10.1. The molecule has 2 amide bonds. The van der Waals surface area contributed by atoms with Crippen LogP contribution in [0, 0.1) is 0 Å². The normalized spacial score (nSPS) is 15.6. The number of para-hydroxylation sites is 1. The molecule has 1 aliphatic heterocycles. The van der Waals surface area contributed by atoms with Crippen molar-refractivity contribution in [3.8, 4) is 0 Å². The molecular formula is C28H32N4O4S. The standard InChI is InChI=1S/C28H32N4O4S/c1-21(23-10-4-3-5-11-23)29-28(34)25-13-6-7-14-26(25)30-27(33)24-12-8-9-22(19-24)20-31-15-17-32(18-16-31)37(2,35)36/h3-14,19,21H,15-18,20H2,1-2H3,(H,29,34)(H,30,33). The molecule has 0 radical (unpaired) electrons. The van der Waals surface area contributed by atoms with E-state index in [0.717, 1.165) is 11.1 Å². The van der Waals surface area contributed by atoms with E-state index in [-0.39, 0.29) is 17.9 Å². The van der Waals surface area contributed by atoms with E-state index in [2.05, 4.69) is 15.5 Å². The average Bonchev–Trinajstić information content (AvgIpc) is 2.89. The SMILES string of the molecule is CC(NC(=O)c1ccccc1NC(=O)c1cccc(CN2CCN(S(C)(=O)=O)CC2)c1)c1ccccc1. The van der Waals surface area contributed by atoms with Crippen LogP contribution in [0.15, 0.2) is 78.9 Å². The van der Waals surface area contributed by atoms with Gasteiger partial charge in [-0.05, 0) is 42.3 Å². The molecule has 1 aliphatic rings. The van der Waals surface area contributed by atoms with E-state index >= 15 is 0 Å². The van der Waals surface area contributed by atoms with E-state index < -0.39 is 10.0 Å². The van der Waals surface area contributed by atoms with Crippen molar-refractivity contribution >= 4 is 27.5 Å². The maximum atomic E-state index is 13.1. The number of rotatable bonds is 8. The second-order valence-corrected chi connectivity index (χ2v) is 11.2. The predicted molar refractivity (Wildman–Crippen MR) is 145 cm³/mol. The van der Waals surface area contributed by atoms with Crippen molar-refractivity contribution in [2.75, 3.05) is 37.8 Å². The molecule has 1 saturated heterocycles. The first kappa shape index (κ1) is 26.5. The molecule has 2 N–H and O–H groups in total. The van der Waals surface area contributed by atoms with Gasteiger partial charge in [-0.1, -0.05) is 54.6 Å². The highest BCUT2D eigenvalue weighted by Crippen LogP contribution is 2.20. The van der Waals surface area contributed by atoms with Crippen LogP contribution >= 0.6 is 0 Å². The summed E-state index contributed by atoms with van der Waals surface area (Å²) in [4.78, 5) is 28.3. The Morgan fingerprint density at radius 1 is 0.865 bits per heavy atom. The molecule has 1 unspecified atom stereocenters. The molecule has 1 fully saturated rings. The van der Waals surface area contributed by atoms with E-state index in [1.165, 1.54) is 10.6 Å². The number of anilines is 1. The van der Waals surface area contributed by atoms with Crippen LogP contribution in [0.25, 0.3) is 0 Å². The Labute approximate surface area is 218 Å². The minimum Gasteiger partial charge on any atom is -0.345 e. The summed E-state index contributed by atoms with van der Waals surface area (Å²) < 4.78 is 25.0. The Hall–Kier alpha value is -3.53. The highest BCUT2D eigenvalue weighted by molar-refractivity contribution is 7.88. The van der Waals surface area contributed by atoms with Gasteiger partial charge in [0.15, 0.2) is 0 Å². The van der Waals surface area contributed by atoms with Crippen molar-refractivity contribution in [2.45, 2.75) is 19.5 Å². The van der Waals surface area contributed by atoms with Crippen LogP contribution in [-0.2, 0) is 16.6 Å². The van der Waals surface area contributed by atoms with Gasteiger partial charge < -0.3 is 10.6 Å². The summed E-state index contributed by atoms with van der Waals surface area (Å²) in [6.45, 7) is 4.72. The fraction of sp³-hybridized carbons (Fsp3) is 0.286. The van der Waals surface area contributed by atoms with E-state index in [0.29, 0.717) is 49.5 Å². The first-order valence-electron chi connectivity index (χ1n) is 12.2. The van der Waals surface area contributed by atoms with Crippen molar-refractivity contribution in [3.05, 3.63) is 101 Å². The van der Waals surface area contributed by atoms with Gasteiger partial charge in [0, 0.05) is 38.3 Å². The molecule has 1 heterocycles. The molecule has 3 aromatic carbocycles. The van der Waals surface area contributed by atoms with E-state index in [1.54, 1.807) is 30.3 Å². The Bertz CT molecular complexity index is 1350. The highest BCUT2D eigenvalue weighted by atomic mass is 32.2. The highest BCUT2D eigenvalue weighted by Gasteiger charge is 2.23. The number of piperazine rings is 1. The number of sulfonamides is 1. The molecule has 37 heavy (non-hydrogen) atoms. The van der Waals surface area contributed by atoms with Crippen LogP contribution in [0.2, 0.25) is 0 Å². The van der Waals surface area contributed by atoms with Gasteiger partial charge in [-0.15, -0.1) is 0 Å². The smallest absolute Gasteiger partial charge is 0.255 e. The van der Waals surface area contributed by atoms with Gasteiger partial charge in [-0.3, -0.25) is 14.5 Å². The van der Waals surface area contributed by atoms with Crippen LogP contribution in [0.4, 0.5) is 5.69 Å². The van der Waals surface area contributed by atoms with Gasteiger partial charge >= 0.3 is 0 Å². The molecule has 0 aromatic heterocycles. The lowest BCUT2D eigenvalue weighted by Gasteiger charge is -2.33. The summed E-state index contributed by atoms with van der Waals surface area (Å²) in [5.74, 6) is -0.575. The van der Waals surface area contributed by atoms with E-state index in [9.17, 15) is 18.0 Å². The number of hydrogen-bond acceptors (Lipinski definition) is 5. The second kappa shape index (κ2) is 11.7. The van der Waals surface area contributed by atoms with Crippen LogP contribution in [-0.4, -0.2) is 61.9 Å². The van der Waals surface area contributed by atoms with Gasteiger partial charge in [0.2, 0.25) is 10.0 Å². The monoisotopic (exact) mass is 520 g/mol. The summed E-state index contributed by atoms with van der Waals surface area (Å²) in [5, 5.41) is 5.88. The van der Waals surface area contributed by atoms with Gasteiger partial charge in [0.05, 0.1) is 23.5 Å². The quantitative estimate of drug-likeness (QED) is 0.474. The van der Waals surface area contributed by atoms with Crippen LogP contribution in [0.3, 0.4) is 0 Å². The number of nitrogens with one attached hydrogen (secondary N) is 2. The predicted octanol–water partition coefficient (Wildman–Crippen LogP) is 3.51. The van der Waals surface area contributed by atoms with E-state index in [1.807, 2.05) is 55.5 Å². The Kier molecular flexibility index (Phi) is 8.38. The summed E-state index contributed by atoms with van der Waals surface area (Å²) in [7, 11) is -3.18. The Balaban J connectivity index is 1.40. The first-order valence-corrected chi connectivity index (χ1v) is 14.1. The van der Waals surface area contributed by atoms with Crippen LogP contribution in [0.1, 0.15) is 44.8 Å². The molecule has 1 atom stereocenters. The van der Waals surface area contributed by atoms with Crippen molar-refractivity contribution in [3.63, 3.8) is 0 Å². The minimum absolute atomic E-state index is 0.187. The molecule has 4 rings (SSSR count). The minimum atomic E-state index is -3.18. The van der Waals surface area contributed by atoms with Crippen molar-refractivity contribution < 1.29 is 18.0 Å². The number of benzene rings is 3. The molecule has 0 bridgehead atoms. The number of hydrogen-bond donors (Lipinski definition) is 2. The first-order chi connectivity index (χ1) is 17.7. The van der Waals surface area contributed by atoms with Crippen molar-refractivity contribution in [2.24, 2.45) is 0 Å². The third kappa shape index (κ3) is 7.03. The fourth-order valence-corrected chi connectivity index (χ4v) is 5.20. The molecule has 3 aromatic rings. The second-order valence-electron chi connectivity index (χ2n) is 9.24.